The van der Waals surface area contributed by atoms with Crippen molar-refractivity contribution in [3.8, 4) is 11.3 Å². The van der Waals surface area contributed by atoms with E-state index < -0.39 is 0 Å². The van der Waals surface area contributed by atoms with E-state index >= 15 is 0 Å². The normalized spacial score (nSPS) is 15.5. The third-order valence-electron chi connectivity index (χ3n) is 4.06. The zero-order chi connectivity index (χ0) is 15.4. The number of aromatic nitrogens is 2. The lowest BCUT2D eigenvalue weighted by Gasteiger charge is -2.22. The predicted molar refractivity (Wildman–Crippen MR) is 87.8 cm³/mol. The Bertz CT molecular complexity index is 644. The zero-order valence-electron chi connectivity index (χ0n) is 12.9. The topological polar surface area (TPSA) is 69.8 Å². The highest BCUT2D eigenvalue weighted by Gasteiger charge is 2.15. The van der Waals surface area contributed by atoms with Gasteiger partial charge >= 0.3 is 6.03 Å². The summed E-state index contributed by atoms with van der Waals surface area (Å²) >= 11 is 0. The van der Waals surface area contributed by atoms with E-state index in [9.17, 15) is 4.79 Å². The second-order valence-corrected chi connectivity index (χ2v) is 5.95. The summed E-state index contributed by atoms with van der Waals surface area (Å²) in [5.41, 5.74) is 3.67. The Balaban J connectivity index is 1.63. The number of aryl methyl sites for hydroxylation is 1. The van der Waals surface area contributed by atoms with Crippen LogP contribution in [-0.4, -0.2) is 22.3 Å². The first-order valence-electron chi connectivity index (χ1n) is 7.91. The quantitative estimate of drug-likeness (QED) is 0.805. The Morgan fingerprint density at radius 1 is 1.23 bits per heavy atom. The highest BCUT2D eigenvalue weighted by Crippen LogP contribution is 2.22. The SMILES string of the molecule is Cc1cc(-c2cccc(NC(=O)NC3CCCCC3)c2)n[nH]1. The van der Waals surface area contributed by atoms with Gasteiger partial charge in [-0.15, -0.1) is 0 Å². The lowest BCUT2D eigenvalue weighted by molar-refractivity contribution is 0.244. The van der Waals surface area contributed by atoms with E-state index in [1.165, 1.54) is 19.3 Å². The molecule has 1 aromatic carbocycles. The minimum absolute atomic E-state index is 0.123. The maximum absolute atomic E-state index is 12.1. The highest BCUT2D eigenvalue weighted by atomic mass is 16.2. The summed E-state index contributed by atoms with van der Waals surface area (Å²) in [5.74, 6) is 0. The number of hydrogen-bond acceptors (Lipinski definition) is 2. The summed E-state index contributed by atoms with van der Waals surface area (Å²) in [6.07, 6.45) is 5.86. The second-order valence-electron chi connectivity index (χ2n) is 5.95. The molecule has 1 aromatic heterocycles. The number of carbonyl (C=O) groups excluding carboxylic acids is 1. The molecule has 1 aliphatic carbocycles. The van der Waals surface area contributed by atoms with Crippen molar-refractivity contribution in [2.24, 2.45) is 0 Å². The number of urea groups is 1. The molecule has 22 heavy (non-hydrogen) atoms. The molecule has 3 N–H and O–H groups in total. The number of rotatable bonds is 3. The van der Waals surface area contributed by atoms with Crippen LogP contribution in [0.15, 0.2) is 30.3 Å². The van der Waals surface area contributed by atoms with Crippen LogP contribution in [0.3, 0.4) is 0 Å². The third kappa shape index (κ3) is 3.67. The number of benzene rings is 1. The molecule has 0 bridgehead atoms. The number of hydrogen-bond donors (Lipinski definition) is 3. The first-order chi connectivity index (χ1) is 10.7. The number of anilines is 1. The summed E-state index contributed by atoms with van der Waals surface area (Å²) in [6.45, 7) is 1.97. The van der Waals surface area contributed by atoms with Crippen molar-refractivity contribution in [1.82, 2.24) is 15.5 Å². The number of amides is 2. The van der Waals surface area contributed by atoms with E-state index in [0.29, 0.717) is 6.04 Å². The number of nitrogens with zero attached hydrogens (tertiary/aromatic N) is 1. The van der Waals surface area contributed by atoms with Gasteiger partial charge in [-0.1, -0.05) is 31.4 Å². The molecule has 0 unspecified atom stereocenters. The average Bonchev–Trinajstić information content (AvgIpc) is 2.95. The van der Waals surface area contributed by atoms with Crippen LogP contribution in [0.25, 0.3) is 11.3 Å². The molecule has 2 amide bonds. The van der Waals surface area contributed by atoms with Crippen molar-refractivity contribution in [3.63, 3.8) is 0 Å². The Morgan fingerprint density at radius 2 is 2.05 bits per heavy atom. The number of H-pyrrole nitrogens is 1. The van der Waals surface area contributed by atoms with Crippen molar-refractivity contribution in [2.75, 3.05) is 5.32 Å². The van der Waals surface area contributed by atoms with Crippen LogP contribution >= 0.6 is 0 Å². The molecular formula is C17H22N4O. The van der Waals surface area contributed by atoms with Crippen LogP contribution in [0.4, 0.5) is 10.5 Å². The van der Waals surface area contributed by atoms with Crippen molar-refractivity contribution in [1.29, 1.82) is 0 Å². The number of nitrogens with one attached hydrogen (secondary N) is 3. The molecule has 5 nitrogen and oxygen atoms in total. The Morgan fingerprint density at radius 3 is 2.77 bits per heavy atom. The lowest BCUT2D eigenvalue weighted by Crippen LogP contribution is -2.39. The van der Waals surface area contributed by atoms with Crippen LogP contribution in [0.2, 0.25) is 0 Å². The molecular weight excluding hydrogens is 276 g/mol. The number of aromatic amines is 1. The Labute approximate surface area is 130 Å². The fraction of sp³-hybridized carbons (Fsp3) is 0.412. The van der Waals surface area contributed by atoms with Gasteiger partial charge in [-0.2, -0.15) is 5.10 Å². The minimum Gasteiger partial charge on any atom is -0.335 e. The molecule has 0 aliphatic heterocycles. The van der Waals surface area contributed by atoms with Gasteiger partial charge in [0.15, 0.2) is 0 Å². The zero-order valence-corrected chi connectivity index (χ0v) is 12.9. The summed E-state index contributed by atoms with van der Waals surface area (Å²) in [7, 11) is 0. The fourth-order valence-electron chi connectivity index (χ4n) is 2.92. The van der Waals surface area contributed by atoms with Crippen molar-refractivity contribution >= 4 is 11.7 Å². The molecule has 3 rings (SSSR count). The van der Waals surface area contributed by atoms with Gasteiger partial charge in [-0.05, 0) is 38.0 Å². The average molecular weight is 298 g/mol. The van der Waals surface area contributed by atoms with Crippen molar-refractivity contribution in [3.05, 3.63) is 36.0 Å². The Hall–Kier alpha value is -2.30. The third-order valence-corrected chi connectivity index (χ3v) is 4.06. The van der Waals surface area contributed by atoms with Gasteiger partial charge < -0.3 is 10.6 Å². The van der Waals surface area contributed by atoms with E-state index in [1.54, 1.807) is 0 Å². The monoisotopic (exact) mass is 298 g/mol. The van der Waals surface area contributed by atoms with E-state index in [-0.39, 0.29) is 6.03 Å². The molecule has 5 heteroatoms. The molecule has 2 aromatic rings. The molecule has 0 saturated heterocycles. The van der Waals surface area contributed by atoms with Crippen molar-refractivity contribution in [2.45, 2.75) is 45.1 Å². The van der Waals surface area contributed by atoms with Gasteiger partial charge in [0.25, 0.3) is 0 Å². The molecule has 1 heterocycles. The van der Waals surface area contributed by atoms with Gasteiger partial charge in [0.2, 0.25) is 0 Å². The van der Waals surface area contributed by atoms with E-state index in [0.717, 1.165) is 35.5 Å². The van der Waals surface area contributed by atoms with E-state index in [4.69, 9.17) is 0 Å². The van der Waals surface area contributed by atoms with Gasteiger partial charge in [0, 0.05) is 23.0 Å². The van der Waals surface area contributed by atoms with Crippen LogP contribution < -0.4 is 10.6 Å². The maximum Gasteiger partial charge on any atom is 0.319 e. The second kappa shape index (κ2) is 6.64. The van der Waals surface area contributed by atoms with Crippen LogP contribution in [0.5, 0.6) is 0 Å². The van der Waals surface area contributed by atoms with Gasteiger partial charge in [-0.3, -0.25) is 5.10 Å². The van der Waals surface area contributed by atoms with E-state index in [1.807, 2.05) is 37.3 Å². The summed E-state index contributed by atoms with van der Waals surface area (Å²) in [5, 5.41) is 13.2. The largest absolute Gasteiger partial charge is 0.335 e. The number of carbonyl (C=O) groups is 1. The molecule has 0 radical (unpaired) electrons. The molecule has 0 spiro atoms. The van der Waals surface area contributed by atoms with Crippen LogP contribution in [0.1, 0.15) is 37.8 Å². The fourth-order valence-corrected chi connectivity index (χ4v) is 2.92. The summed E-state index contributed by atoms with van der Waals surface area (Å²) < 4.78 is 0. The highest BCUT2D eigenvalue weighted by molar-refractivity contribution is 5.90. The van der Waals surface area contributed by atoms with Gasteiger partial charge in [-0.25, -0.2) is 4.79 Å². The molecule has 116 valence electrons. The van der Waals surface area contributed by atoms with Gasteiger partial charge in [0.1, 0.15) is 0 Å². The minimum atomic E-state index is -0.123. The first-order valence-corrected chi connectivity index (χ1v) is 7.91. The molecule has 0 atom stereocenters. The van der Waals surface area contributed by atoms with E-state index in [2.05, 4.69) is 20.8 Å². The maximum atomic E-state index is 12.1. The molecule has 1 fully saturated rings. The smallest absolute Gasteiger partial charge is 0.319 e. The van der Waals surface area contributed by atoms with Crippen molar-refractivity contribution < 1.29 is 4.79 Å². The van der Waals surface area contributed by atoms with Crippen LogP contribution in [-0.2, 0) is 0 Å². The predicted octanol–water partition coefficient (Wildman–Crippen LogP) is 3.84. The first kappa shape index (κ1) is 14.6. The molecule has 1 saturated carbocycles. The van der Waals surface area contributed by atoms with Crippen LogP contribution in [0, 0.1) is 6.92 Å². The lowest BCUT2D eigenvalue weighted by atomic mass is 9.96. The summed E-state index contributed by atoms with van der Waals surface area (Å²) in [4.78, 5) is 12.1. The Kier molecular flexibility index (Phi) is 4.42. The standard InChI is InChI=1S/C17H22N4O/c1-12-10-16(21-20-12)13-6-5-9-15(11-13)19-17(22)18-14-7-3-2-4-8-14/h5-6,9-11,14H,2-4,7-8H2,1H3,(H,20,21)(H2,18,19,22). The van der Waals surface area contributed by atoms with Gasteiger partial charge in [0.05, 0.1) is 5.69 Å². The molecule has 1 aliphatic rings. The summed E-state index contributed by atoms with van der Waals surface area (Å²) in [6, 6.07) is 9.92.